The van der Waals surface area contributed by atoms with E-state index in [1.54, 1.807) is 12.1 Å². The maximum atomic E-state index is 12.5. The van der Waals surface area contributed by atoms with Crippen LogP contribution in [0.5, 0.6) is 5.75 Å². The van der Waals surface area contributed by atoms with Crippen LogP contribution in [-0.2, 0) is 6.18 Å². The van der Waals surface area contributed by atoms with Crippen LogP contribution in [0, 0.1) is 0 Å². The molecule has 0 aliphatic carbocycles. The maximum Gasteiger partial charge on any atom is 0.453 e. The van der Waals surface area contributed by atoms with E-state index in [2.05, 4.69) is 26.1 Å². The summed E-state index contributed by atoms with van der Waals surface area (Å²) < 4.78 is 44.2. The number of alkyl halides is 3. The lowest BCUT2D eigenvalue weighted by Crippen LogP contribution is -2.21. The molecule has 0 spiro atoms. The summed E-state index contributed by atoms with van der Waals surface area (Å²) in [7, 11) is 0. The fourth-order valence-corrected chi connectivity index (χ4v) is 2.47. The second-order valence-electron chi connectivity index (χ2n) is 3.83. The minimum absolute atomic E-state index is 0.0137. The number of benzene rings is 1. The van der Waals surface area contributed by atoms with Gasteiger partial charge in [0.05, 0.1) is 6.61 Å². The van der Waals surface area contributed by atoms with Crippen LogP contribution in [-0.4, -0.2) is 27.2 Å². The van der Waals surface area contributed by atoms with Gasteiger partial charge in [-0.05, 0) is 18.2 Å². The molecule has 2 rings (SSSR count). The van der Waals surface area contributed by atoms with Crippen LogP contribution in [0.3, 0.4) is 0 Å². The second kappa shape index (κ2) is 6.56. The molecule has 0 unspecified atom stereocenters. The van der Waals surface area contributed by atoms with Gasteiger partial charge in [0.1, 0.15) is 5.75 Å². The molecule has 0 amide bonds. The highest BCUT2D eigenvalue weighted by atomic mass is 79.9. The Hall–Kier alpha value is -1.42. The standard InChI is InChI=1S/C11H10BrF3N4OS/c12-7-2-1-3-8(6-7)20-4-5-21-10-18-17-9(19(10)16)11(13,14)15/h1-3,6H,4-5,16H2. The molecule has 0 atom stereocenters. The number of hydrogen-bond donors (Lipinski definition) is 1. The topological polar surface area (TPSA) is 66.0 Å². The molecule has 1 heterocycles. The zero-order valence-corrected chi connectivity index (χ0v) is 12.9. The third kappa shape index (κ3) is 4.27. The van der Waals surface area contributed by atoms with Crippen molar-refractivity contribution in [3.05, 3.63) is 34.6 Å². The van der Waals surface area contributed by atoms with Crippen LogP contribution in [0.2, 0.25) is 0 Å². The Bertz CT molecular complexity index is 620. The van der Waals surface area contributed by atoms with E-state index in [-0.39, 0.29) is 5.16 Å². The molecule has 2 N–H and O–H groups in total. The first-order valence-electron chi connectivity index (χ1n) is 5.67. The number of nitrogens with two attached hydrogens (primary N) is 1. The van der Waals surface area contributed by atoms with E-state index in [1.165, 1.54) is 0 Å². The lowest BCUT2D eigenvalue weighted by molar-refractivity contribution is -0.146. The third-order valence-electron chi connectivity index (χ3n) is 2.30. The van der Waals surface area contributed by atoms with Gasteiger partial charge >= 0.3 is 6.18 Å². The van der Waals surface area contributed by atoms with E-state index in [0.717, 1.165) is 16.2 Å². The van der Waals surface area contributed by atoms with Crippen LogP contribution < -0.4 is 10.6 Å². The second-order valence-corrected chi connectivity index (χ2v) is 5.81. The van der Waals surface area contributed by atoms with Crippen molar-refractivity contribution in [2.75, 3.05) is 18.2 Å². The van der Waals surface area contributed by atoms with Crippen molar-refractivity contribution in [2.45, 2.75) is 11.3 Å². The molecule has 0 bridgehead atoms. The number of thioether (sulfide) groups is 1. The zero-order valence-electron chi connectivity index (χ0n) is 10.5. The van der Waals surface area contributed by atoms with Gasteiger partial charge in [-0.1, -0.05) is 33.8 Å². The molecular formula is C11H10BrF3N4OS. The Morgan fingerprint density at radius 1 is 1.33 bits per heavy atom. The Morgan fingerprint density at radius 3 is 2.71 bits per heavy atom. The van der Waals surface area contributed by atoms with Crippen molar-refractivity contribution in [1.82, 2.24) is 14.9 Å². The lowest BCUT2D eigenvalue weighted by Gasteiger charge is -2.07. The van der Waals surface area contributed by atoms with Crippen molar-refractivity contribution < 1.29 is 17.9 Å². The SMILES string of the molecule is Nn1c(SCCOc2cccc(Br)c2)nnc1C(F)(F)F. The predicted molar refractivity (Wildman–Crippen MR) is 75.5 cm³/mol. The zero-order chi connectivity index (χ0) is 15.5. The van der Waals surface area contributed by atoms with Gasteiger partial charge in [0.15, 0.2) is 0 Å². The van der Waals surface area contributed by atoms with Crippen molar-refractivity contribution in [1.29, 1.82) is 0 Å². The predicted octanol–water partition coefficient (Wildman–Crippen LogP) is 2.94. The van der Waals surface area contributed by atoms with E-state index >= 15 is 0 Å². The normalized spacial score (nSPS) is 11.6. The van der Waals surface area contributed by atoms with Gasteiger partial charge in [-0.2, -0.15) is 13.2 Å². The Morgan fingerprint density at radius 2 is 2.10 bits per heavy atom. The highest BCUT2D eigenvalue weighted by Gasteiger charge is 2.38. The number of aromatic nitrogens is 3. The fourth-order valence-electron chi connectivity index (χ4n) is 1.42. The molecular weight excluding hydrogens is 373 g/mol. The van der Waals surface area contributed by atoms with Gasteiger partial charge in [0, 0.05) is 10.2 Å². The molecule has 1 aromatic carbocycles. The molecule has 21 heavy (non-hydrogen) atoms. The van der Waals surface area contributed by atoms with Gasteiger partial charge < -0.3 is 10.6 Å². The van der Waals surface area contributed by atoms with Crippen molar-refractivity contribution >= 4 is 27.7 Å². The summed E-state index contributed by atoms with van der Waals surface area (Å²) in [6.07, 6.45) is -4.62. The number of nitrogens with zero attached hydrogens (tertiary/aromatic N) is 3. The molecule has 0 aliphatic rings. The highest BCUT2D eigenvalue weighted by molar-refractivity contribution is 9.10. The summed E-state index contributed by atoms with van der Waals surface area (Å²) in [6.45, 7) is 0.301. The number of hydrogen-bond acceptors (Lipinski definition) is 5. The third-order valence-corrected chi connectivity index (χ3v) is 3.70. The molecule has 0 fully saturated rings. The average molecular weight is 383 g/mol. The van der Waals surface area contributed by atoms with Gasteiger partial charge in [-0.3, -0.25) is 0 Å². The van der Waals surface area contributed by atoms with E-state index < -0.39 is 12.0 Å². The molecule has 0 radical (unpaired) electrons. The molecule has 0 saturated heterocycles. The summed E-state index contributed by atoms with van der Waals surface area (Å²) in [5, 5.41) is 6.43. The highest BCUT2D eigenvalue weighted by Crippen LogP contribution is 2.28. The quantitative estimate of drug-likeness (QED) is 0.489. The molecule has 5 nitrogen and oxygen atoms in total. The Labute approximate surface area is 130 Å². The monoisotopic (exact) mass is 382 g/mol. The smallest absolute Gasteiger partial charge is 0.453 e. The Kier molecular flexibility index (Phi) is 4.99. The fraction of sp³-hybridized carbons (Fsp3) is 0.273. The molecule has 1 aromatic heterocycles. The molecule has 2 aromatic rings. The minimum Gasteiger partial charge on any atom is -0.493 e. The summed E-state index contributed by atoms with van der Waals surface area (Å²) >= 11 is 4.34. The summed E-state index contributed by atoms with van der Waals surface area (Å²) in [6, 6.07) is 7.25. The molecule has 0 aliphatic heterocycles. The molecule has 114 valence electrons. The summed E-state index contributed by atoms with van der Waals surface area (Å²) in [5.74, 6) is 5.13. The molecule has 10 heteroatoms. The van der Waals surface area contributed by atoms with Gasteiger partial charge in [0.25, 0.3) is 5.82 Å². The average Bonchev–Trinajstić information content (AvgIpc) is 2.76. The van der Waals surface area contributed by atoms with Crippen molar-refractivity contribution in [2.24, 2.45) is 0 Å². The first-order chi connectivity index (χ1) is 9.88. The van der Waals surface area contributed by atoms with Gasteiger partial charge in [-0.25, -0.2) is 4.68 Å². The first-order valence-corrected chi connectivity index (χ1v) is 7.44. The first kappa shape index (κ1) is 16.0. The number of halogens is 4. The van der Waals surface area contributed by atoms with Crippen molar-refractivity contribution in [3.8, 4) is 5.75 Å². The van der Waals surface area contributed by atoms with Gasteiger partial charge in [0.2, 0.25) is 5.16 Å². The number of ether oxygens (including phenoxy) is 1. The van der Waals surface area contributed by atoms with Crippen LogP contribution >= 0.6 is 27.7 Å². The summed E-state index contributed by atoms with van der Waals surface area (Å²) in [4.78, 5) is 0. The van der Waals surface area contributed by atoms with Crippen molar-refractivity contribution in [3.63, 3.8) is 0 Å². The Balaban J connectivity index is 1.86. The van der Waals surface area contributed by atoms with Crippen LogP contribution in [0.25, 0.3) is 0 Å². The van der Waals surface area contributed by atoms with Crippen LogP contribution in [0.4, 0.5) is 13.2 Å². The largest absolute Gasteiger partial charge is 0.493 e. The summed E-state index contributed by atoms with van der Waals surface area (Å²) in [5.41, 5.74) is 0. The van der Waals surface area contributed by atoms with Gasteiger partial charge in [-0.15, -0.1) is 10.2 Å². The molecule has 0 saturated carbocycles. The van der Waals surface area contributed by atoms with E-state index in [4.69, 9.17) is 10.6 Å². The minimum atomic E-state index is -4.62. The lowest BCUT2D eigenvalue weighted by atomic mass is 10.3. The van der Waals surface area contributed by atoms with E-state index in [9.17, 15) is 13.2 Å². The van der Waals surface area contributed by atoms with E-state index in [1.807, 2.05) is 12.1 Å². The number of rotatable bonds is 5. The maximum absolute atomic E-state index is 12.5. The van der Waals surface area contributed by atoms with Crippen LogP contribution in [0.1, 0.15) is 5.82 Å². The van der Waals surface area contributed by atoms with E-state index in [0.29, 0.717) is 22.8 Å². The van der Waals surface area contributed by atoms with Crippen LogP contribution in [0.15, 0.2) is 33.9 Å². The number of nitrogen functional groups attached to an aromatic ring is 1.